The van der Waals surface area contributed by atoms with Crippen LogP contribution < -0.4 is 0 Å². The Balaban J connectivity index is 3.73. The summed E-state index contributed by atoms with van der Waals surface area (Å²) in [5.74, 6) is 0. The van der Waals surface area contributed by atoms with Gasteiger partial charge in [0.15, 0.2) is 9.84 Å². The van der Waals surface area contributed by atoms with E-state index in [9.17, 15) is 21.6 Å². The zero-order valence-electron chi connectivity index (χ0n) is 8.04. The highest BCUT2D eigenvalue weighted by atomic mass is 32.2. The van der Waals surface area contributed by atoms with Crippen molar-refractivity contribution in [1.29, 1.82) is 5.26 Å². The van der Waals surface area contributed by atoms with Crippen LogP contribution in [0.1, 0.15) is 11.1 Å². The van der Waals surface area contributed by atoms with E-state index < -0.39 is 32.0 Å². The molecule has 0 radical (unpaired) electrons. The van der Waals surface area contributed by atoms with Crippen LogP contribution >= 0.6 is 0 Å². The lowest BCUT2D eigenvalue weighted by Crippen LogP contribution is -2.14. The monoisotopic (exact) mass is 249 g/mol. The second-order valence-corrected chi connectivity index (χ2v) is 5.04. The van der Waals surface area contributed by atoms with Crippen molar-refractivity contribution in [1.82, 2.24) is 0 Å². The van der Waals surface area contributed by atoms with Crippen LogP contribution in [0.3, 0.4) is 0 Å². The van der Waals surface area contributed by atoms with Crippen LogP contribution in [0, 0.1) is 11.3 Å². The zero-order chi connectivity index (χ0) is 12.6. The number of hydrogen-bond acceptors (Lipinski definition) is 3. The highest BCUT2D eigenvalue weighted by Crippen LogP contribution is 2.36. The molecule has 0 aliphatic carbocycles. The Morgan fingerprint density at radius 1 is 1.31 bits per heavy atom. The van der Waals surface area contributed by atoms with Gasteiger partial charge in [-0.05, 0) is 12.1 Å². The molecule has 16 heavy (non-hydrogen) atoms. The molecule has 0 atom stereocenters. The van der Waals surface area contributed by atoms with E-state index in [1.165, 1.54) is 6.07 Å². The van der Waals surface area contributed by atoms with Crippen LogP contribution in [0.2, 0.25) is 0 Å². The lowest BCUT2D eigenvalue weighted by molar-refractivity contribution is -0.140. The smallest absolute Gasteiger partial charge is 0.224 e. The highest BCUT2D eigenvalue weighted by Gasteiger charge is 2.38. The van der Waals surface area contributed by atoms with Crippen molar-refractivity contribution >= 4 is 9.84 Å². The molecule has 1 rings (SSSR count). The molecule has 7 heteroatoms. The Kier molecular flexibility index (Phi) is 2.97. The third-order valence-electron chi connectivity index (χ3n) is 1.83. The minimum absolute atomic E-state index is 0.665. The van der Waals surface area contributed by atoms with Crippen LogP contribution in [0.15, 0.2) is 23.1 Å². The first-order chi connectivity index (χ1) is 7.18. The summed E-state index contributed by atoms with van der Waals surface area (Å²) in [4.78, 5) is -0.876. The third-order valence-corrected chi connectivity index (χ3v) is 2.97. The van der Waals surface area contributed by atoms with Gasteiger partial charge in [0.25, 0.3) is 0 Å². The predicted octanol–water partition coefficient (Wildman–Crippen LogP) is 1.98. The van der Waals surface area contributed by atoms with Gasteiger partial charge in [-0.25, -0.2) is 8.42 Å². The summed E-state index contributed by atoms with van der Waals surface area (Å²) in [6.45, 7) is 0. The molecule has 0 saturated heterocycles. The molecule has 0 heterocycles. The minimum atomic E-state index is -4.87. The van der Waals surface area contributed by atoms with Crippen molar-refractivity contribution in [3.8, 4) is 6.07 Å². The molecule has 0 aliphatic rings. The van der Waals surface area contributed by atoms with Crippen molar-refractivity contribution in [2.24, 2.45) is 0 Å². The molecule has 0 fully saturated rings. The molecule has 86 valence electrons. The topological polar surface area (TPSA) is 57.9 Å². The summed E-state index contributed by atoms with van der Waals surface area (Å²) in [6.07, 6.45) is -4.20. The number of nitrogens with zero attached hydrogens (tertiary/aromatic N) is 1. The van der Waals surface area contributed by atoms with E-state index >= 15 is 0 Å². The van der Waals surface area contributed by atoms with Crippen LogP contribution in [0.4, 0.5) is 13.2 Å². The van der Waals surface area contributed by atoms with Gasteiger partial charge in [0.2, 0.25) is 0 Å². The fraction of sp³-hybridized carbons (Fsp3) is 0.222. The van der Waals surface area contributed by atoms with E-state index in [2.05, 4.69) is 0 Å². The molecule has 0 amide bonds. The maximum absolute atomic E-state index is 12.6. The maximum Gasteiger partial charge on any atom is 0.418 e. The van der Waals surface area contributed by atoms with Gasteiger partial charge in [0.1, 0.15) is 0 Å². The second kappa shape index (κ2) is 3.79. The van der Waals surface area contributed by atoms with Gasteiger partial charge < -0.3 is 0 Å². The quantitative estimate of drug-likeness (QED) is 0.764. The SMILES string of the molecule is CS(=O)(=O)c1cccc(C#N)c1C(F)(F)F. The minimum Gasteiger partial charge on any atom is -0.224 e. The largest absolute Gasteiger partial charge is 0.418 e. The van der Waals surface area contributed by atoms with E-state index in [4.69, 9.17) is 5.26 Å². The van der Waals surface area contributed by atoms with Crippen molar-refractivity contribution in [3.05, 3.63) is 29.3 Å². The molecule has 1 aromatic rings. The summed E-state index contributed by atoms with van der Waals surface area (Å²) < 4.78 is 60.2. The van der Waals surface area contributed by atoms with E-state index in [1.54, 1.807) is 0 Å². The first-order valence-corrected chi connectivity index (χ1v) is 5.87. The Morgan fingerprint density at radius 3 is 2.25 bits per heavy atom. The number of halogens is 3. The molecule has 0 aliphatic heterocycles. The molecule has 3 nitrogen and oxygen atoms in total. The van der Waals surface area contributed by atoms with Gasteiger partial charge in [-0.1, -0.05) is 6.07 Å². The van der Waals surface area contributed by atoms with Gasteiger partial charge in [0, 0.05) is 6.26 Å². The van der Waals surface area contributed by atoms with Crippen LogP contribution in [0.25, 0.3) is 0 Å². The summed E-state index contributed by atoms with van der Waals surface area (Å²) in [6, 6.07) is 4.19. The molecule has 0 aromatic heterocycles. The third kappa shape index (κ3) is 2.33. The van der Waals surface area contributed by atoms with Crippen LogP contribution in [0.5, 0.6) is 0 Å². The summed E-state index contributed by atoms with van der Waals surface area (Å²) in [7, 11) is -4.02. The first kappa shape index (κ1) is 12.5. The lowest BCUT2D eigenvalue weighted by Gasteiger charge is -2.12. The van der Waals surface area contributed by atoms with Crippen molar-refractivity contribution < 1.29 is 21.6 Å². The van der Waals surface area contributed by atoms with Crippen LogP contribution in [-0.2, 0) is 16.0 Å². The average molecular weight is 249 g/mol. The number of alkyl halides is 3. The number of nitriles is 1. The van der Waals surface area contributed by atoms with Crippen molar-refractivity contribution in [2.45, 2.75) is 11.1 Å². The van der Waals surface area contributed by atoms with Crippen molar-refractivity contribution in [3.63, 3.8) is 0 Å². The van der Waals surface area contributed by atoms with E-state index in [-0.39, 0.29) is 0 Å². The molecule has 0 saturated carbocycles. The molecule has 1 aromatic carbocycles. The molecule has 0 bridgehead atoms. The fourth-order valence-corrected chi connectivity index (χ4v) is 2.15. The summed E-state index contributed by atoms with van der Waals surface area (Å²) in [5.41, 5.74) is -2.10. The molecule has 0 N–H and O–H groups in total. The summed E-state index contributed by atoms with van der Waals surface area (Å²) >= 11 is 0. The Labute approximate surface area is 90.0 Å². The van der Waals surface area contributed by atoms with Gasteiger partial charge >= 0.3 is 6.18 Å². The second-order valence-electron chi connectivity index (χ2n) is 3.06. The van der Waals surface area contributed by atoms with E-state index in [1.807, 2.05) is 0 Å². The highest BCUT2D eigenvalue weighted by molar-refractivity contribution is 7.90. The molecule has 0 unspecified atom stereocenters. The van der Waals surface area contributed by atoms with Gasteiger partial charge in [-0.2, -0.15) is 18.4 Å². The first-order valence-electron chi connectivity index (χ1n) is 3.98. The normalized spacial score (nSPS) is 12.2. The lowest BCUT2D eigenvalue weighted by atomic mass is 10.1. The Bertz CT molecular complexity index is 555. The molecular weight excluding hydrogens is 243 g/mol. The van der Waals surface area contributed by atoms with Crippen molar-refractivity contribution in [2.75, 3.05) is 6.26 Å². The predicted molar refractivity (Wildman–Crippen MR) is 49.3 cm³/mol. The molecule has 0 spiro atoms. The maximum atomic E-state index is 12.6. The van der Waals surface area contributed by atoms with E-state index in [0.717, 1.165) is 18.2 Å². The van der Waals surface area contributed by atoms with Crippen LogP contribution in [-0.4, -0.2) is 14.7 Å². The van der Waals surface area contributed by atoms with Gasteiger partial charge in [-0.3, -0.25) is 0 Å². The fourth-order valence-electron chi connectivity index (χ4n) is 1.23. The van der Waals surface area contributed by atoms with Gasteiger partial charge in [-0.15, -0.1) is 0 Å². The number of sulfone groups is 1. The van der Waals surface area contributed by atoms with E-state index in [0.29, 0.717) is 6.26 Å². The number of hydrogen-bond donors (Lipinski definition) is 0. The van der Waals surface area contributed by atoms with Gasteiger partial charge in [0.05, 0.1) is 22.1 Å². The Hall–Kier alpha value is -1.55. The zero-order valence-corrected chi connectivity index (χ0v) is 8.85. The number of rotatable bonds is 1. The number of benzene rings is 1. The Morgan fingerprint density at radius 2 is 1.88 bits per heavy atom. The average Bonchev–Trinajstić information content (AvgIpc) is 2.13. The molecular formula is C9H6F3NO2S. The summed E-state index contributed by atoms with van der Waals surface area (Å²) in [5, 5.41) is 8.53. The standard InChI is InChI=1S/C9H6F3NO2S/c1-16(14,15)7-4-2-3-6(5-13)8(7)9(10,11)12/h2-4H,1H3.